The van der Waals surface area contributed by atoms with E-state index in [2.05, 4.69) is 34.3 Å². The van der Waals surface area contributed by atoms with E-state index < -0.39 is 0 Å². The molecule has 248 valence electrons. The van der Waals surface area contributed by atoms with Gasteiger partial charge in [0.1, 0.15) is 0 Å². The van der Waals surface area contributed by atoms with Crippen LogP contribution in [-0.2, 0) is 0 Å². The summed E-state index contributed by atoms with van der Waals surface area (Å²) in [5.74, 6) is 0.908. The Balaban J connectivity index is 0.000000878. The van der Waals surface area contributed by atoms with Crippen molar-refractivity contribution in [2.75, 3.05) is 51.8 Å². The minimum absolute atomic E-state index is 0.290. The summed E-state index contributed by atoms with van der Waals surface area (Å²) in [4.78, 5) is 30.0. The van der Waals surface area contributed by atoms with Gasteiger partial charge in [-0.3, -0.25) is 9.59 Å². The van der Waals surface area contributed by atoms with E-state index in [0.29, 0.717) is 35.6 Å². The number of hydrogen-bond acceptors (Lipinski definition) is 9. The summed E-state index contributed by atoms with van der Waals surface area (Å²) in [6.45, 7) is 17.6. The van der Waals surface area contributed by atoms with Gasteiger partial charge in [-0.25, -0.2) is 0 Å². The number of rotatable bonds is 11. The number of aldehydes is 1. The topological polar surface area (TPSA) is 97.1 Å². The van der Waals surface area contributed by atoms with Gasteiger partial charge in [0, 0.05) is 37.4 Å². The number of carbonyl (C=O) groups is 2. The molecule has 8 nitrogen and oxygen atoms in total. The monoisotopic (exact) mass is 656 g/mol. The Morgan fingerprint density at radius 3 is 2.20 bits per heavy atom. The number of nitrogens with one attached hydrogen (secondary N) is 1. The summed E-state index contributed by atoms with van der Waals surface area (Å²) < 4.78 is 11.9. The summed E-state index contributed by atoms with van der Waals surface area (Å²) in [5.41, 5.74) is 9.21. The molecular formula is C35H52N4O4S2. The third-order valence-electron chi connectivity index (χ3n) is 6.91. The Kier molecular flexibility index (Phi) is 19.4. The van der Waals surface area contributed by atoms with Crippen LogP contribution in [0, 0.1) is 0 Å². The van der Waals surface area contributed by atoms with Crippen molar-refractivity contribution in [3.63, 3.8) is 0 Å². The van der Waals surface area contributed by atoms with Crippen LogP contribution in [0.25, 0.3) is 0 Å². The van der Waals surface area contributed by atoms with Crippen molar-refractivity contribution in [3.05, 3.63) is 82.9 Å². The van der Waals surface area contributed by atoms with Crippen molar-refractivity contribution in [3.8, 4) is 11.5 Å². The fourth-order valence-electron chi connectivity index (χ4n) is 4.71. The summed E-state index contributed by atoms with van der Waals surface area (Å²) >= 11 is 5.70. The number of ether oxygens (including phenoxy) is 2. The molecule has 1 aliphatic rings. The summed E-state index contributed by atoms with van der Waals surface area (Å²) in [6, 6.07) is 14.6. The highest BCUT2D eigenvalue weighted by atomic mass is 32.2. The second-order valence-corrected chi connectivity index (χ2v) is 11.3. The molecule has 3 N–H and O–H groups in total. The number of nitrogens with two attached hydrogens (primary N) is 1. The minimum Gasteiger partial charge on any atom is -0.493 e. The summed E-state index contributed by atoms with van der Waals surface area (Å²) in [6.07, 6.45) is 2.12. The zero-order valence-corrected chi connectivity index (χ0v) is 29.7. The van der Waals surface area contributed by atoms with Crippen LogP contribution in [0.1, 0.15) is 79.8 Å². The Bertz CT molecular complexity index is 1290. The average molecular weight is 657 g/mol. The first-order chi connectivity index (χ1) is 21.8. The number of thiol groups is 1. The highest BCUT2D eigenvalue weighted by Gasteiger charge is 2.26. The number of nitrogens with zero attached hydrogens (tertiary/aromatic N) is 2. The SMILES string of the molecule is C=C(C)N1CCN(c2cccc(C=O)c2C(=O)N[C@H](CCCN)c2ccc(OC)c(OC)c2)CC1.CC.CC.Sc1cccs1. The first kappa shape index (κ1) is 39.6. The van der Waals surface area contributed by atoms with Gasteiger partial charge in [0.25, 0.3) is 5.91 Å². The molecule has 1 aliphatic heterocycles. The summed E-state index contributed by atoms with van der Waals surface area (Å²) in [7, 11) is 3.16. The van der Waals surface area contributed by atoms with Gasteiger partial charge in [0.2, 0.25) is 0 Å². The number of allylic oxidation sites excluding steroid dienone is 1. The van der Waals surface area contributed by atoms with Gasteiger partial charge in [0.05, 0.1) is 35.7 Å². The maximum atomic E-state index is 13.7. The van der Waals surface area contributed by atoms with Crippen LogP contribution in [0.2, 0.25) is 0 Å². The van der Waals surface area contributed by atoms with Crippen LogP contribution in [0.15, 0.2) is 70.4 Å². The van der Waals surface area contributed by atoms with Gasteiger partial charge in [0.15, 0.2) is 17.8 Å². The van der Waals surface area contributed by atoms with Gasteiger partial charge in [-0.15, -0.1) is 24.0 Å². The lowest BCUT2D eigenvalue weighted by Gasteiger charge is -2.38. The number of carbonyl (C=O) groups excluding carboxylic acids is 2. The van der Waals surface area contributed by atoms with Crippen molar-refractivity contribution in [2.45, 2.75) is 57.7 Å². The molecule has 3 aromatic rings. The molecule has 0 saturated carbocycles. The molecule has 0 bridgehead atoms. The van der Waals surface area contributed by atoms with Crippen LogP contribution in [0.3, 0.4) is 0 Å². The lowest BCUT2D eigenvalue weighted by Crippen LogP contribution is -2.46. The predicted octanol–water partition coefficient (Wildman–Crippen LogP) is 7.47. The van der Waals surface area contributed by atoms with Gasteiger partial charge in [-0.05, 0) is 61.5 Å². The van der Waals surface area contributed by atoms with E-state index >= 15 is 0 Å². The predicted molar refractivity (Wildman–Crippen MR) is 193 cm³/mol. The van der Waals surface area contributed by atoms with Gasteiger partial charge in [-0.1, -0.05) is 58.5 Å². The highest BCUT2D eigenvalue weighted by Crippen LogP contribution is 2.32. The average Bonchev–Trinajstić information content (AvgIpc) is 3.58. The quantitative estimate of drug-likeness (QED) is 0.146. The largest absolute Gasteiger partial charge is 0.493 e. The van der Waals surface area contributed by atoms with Crippen LogP contribution in [0.4, 0.5) is 5.69 Å². The number of benzene rings is 2. The molecule has 0 aliphatic carbocycles. The first-order valence-electron chi connectivity index (χ1n) is 15.5. The van der Waals surface area contributed by atoms with Crippen molar-refractivity contribution < 1.29 is 19.1 Å². The number of thiophene rings is 1. The number of piperazine rings is 1. The Labute approximate surface area is 280 Å². The smallest absolute Gasteiger partial charge is 0.254 e. The number of amides is 1. The van der Waals surface area contributed by atoms with E-state index in [9.17, 15) is 9.59 Å². The van der Waals surface area contributed by atoms with Crippen LogP contribution in [-0.4, -0.2) is 64.0 Å². The Hall–Kier alpha value is -3.47. The van der Waals surface area contributed by atoms with Crippen LogP contribution >= 0.6 is 24.0 Å². The standard InChI is InChI=1S/C27H36N4O4.C4H4S2.2C2H6/c1-19(2)30-13-15-31(16-14-30)23-9-5-7-21(18-32)26(23)27(33)29-22(8-6-12-28)20-10-11-24(34-3)25(17-20)35-4;5-4-2-1-3-6-4;2*1-2/h5,7,9-11,17-18,22H,1,6,8,12-16,28H2,2-4H3,(H,29,33);1-3,5H;2*1-2H3/t22-;;;/m1.../s1. The van der Waals surface area contributed by atoms with E-state index in [1.54, 1.807) is 31.6 Å². The molecule has 4 rings (SSSR count). The molecule has 1 aromatic heterocycles. The zero-order chi connectivity index (χ0) is 33.8. The molecule has 1 saturated heterocycles. The number of hydrogen-bond donors (Lipinski definition) is 3. The third kappa shape index (κ3) is 12.1. The molecule has 1 amide bonds. The first-order valence-corrected chi connectivity index (χ1v) is 16.8. The van der Waals surface area contributed by atoms with E-state index in [-0.39, 0.29) is 11.9 Å². The lowest BCUT2D eigenvalue weighted by atomic mass is 9.99. The normalized spacial score (nSPS) is 12.6. The van der Waals surface area contributed by atoms with Gasteiger partial charge < -0.3 is 30.3 Å². The molecule has 45 heavy (non-hydrogen) atoms. The maximum Gasteiger partial charge on any atom is 0.254 e. The molecule has 1 atom stereocenters. The molecule has 0 spiro atoms. The van der Waals surface area contributed by atoms with Crippen molar-refractivity contribution >= 4 is 41.8 Å². The van der Waals surface area contributed by atoms with E-state index in [1.807, 2.05) is 82.5 Å². The Morgan fingerprint density at radius 1 is 1.04 bits per heavy atom. The highest BCUT2D eigenvalue weighted by molar-refractivity contribution is 7.82. The van der Waals surface area contributed by atoms with Crippen LogP contribution in [0.5, 0.6) is 11.5 Å². The molecule has 2 aromatic carbocycles. The molecular weight excluding hydrogens is 605 g/mol. The van der Waals surface area contributed by atoms with Crippen LogP contribution < -0.4 is 25.4 Å². The molecule has 0 radical (unpaired) electrons. The maximum absolute atomic E-state index is 13.7. The van der Waals surface area contributed by atoms with E-state index in [1.165, 1.54) is 0 Å². The molecule has 0 unspecified atom stereocenters. The molecule has 1 fully saturated rings. The fraction of sp³-hybridized carbons (Fsp3) is 0.429. The lowest BCUT2D eigenvalue weighted by molar-refractivity contribution is 0.0929. The van der Waals surface area contributed by atoms with Gasteiger partial charge in [-0.2, -0.15) is 0 Å². The molecule has 10 heteroatoms. The number of anilines is 1. The summed E-state index contributed by atoms with van der Waals surface area (Å²) in [5, 5.41) is 5.16. The number of methoxy groups -OCH3 is 2. The second kappa shape index (κ2) is 22.1. The minimum atomic E-state index is -0.307. The van der Waals surface area contributed by atoms with Crippen molar-refractivity contribution in [1.29, 1.82) is 0 Å². The van der Waals surface area contributed by atoms with Crippen molar-refractivity contribution in [1.82, 2.24) is 10.2 Å². The van der Waals surface area contributed by atoms with E-state index in [4.69, 9.17) is 15.2 Å². The molecule has 2 heterocycles. The Morgan fingerprint density at radius 2 is 1.71 bits per heavy atom. The van der Waals surface area contributed by atoms with Gasteiger partial charge >= 0.3 is 0 Å². The zero-order valence-electron chi connectivity index (χ0n) is 28.0. The second-order valence-electron chi connectivity index (χ2n) is 9.59. The third-order valence-corrected chi connectivity index (χ3v) is 8.04. The van der Waals surface area contributed by atoms with E-state index in [0.717, 1.165) is 60.0 Å². The van der Waals surface area contributed by atoms with Crippen molar-refractivity contribution in [2.24, 2.45) is 5.73 Å². The fourth-order valence-corrected chi connectivity index (χ4v) is 5.43.